The highest BCUT2D eigenvalue weighted by molar-refractivity contribution is 5.74. The number of nitrogens with one attached hydrogen (secondary N) is 2. The summed E-state index contributed by atoms with van der Waals surface area (Å²) in [5.41, 5.74) is 0. The molecule has 1 rings (SSSR count). The Labute approximate surface area is 65.1 Å². The molecule has 1 aliphatic rings. The summed E-state index contributed by atoms with van der Waals surface area (Å²) in [7, 11) is 3.75. The number of hydrogen-bond donors (Lipinski definition) is 2. The van der Waals surface area contributed by atoms with E-state index in [4.69, 9.17) is 0 Å². The van der Waals surface area contributed by atoms with Crippen molar-refractivity contribution in [1.82, 2.24) is 10.6 Å². The van der Waals surface area contributed by atoms with Gasteiger partial charge in [-0.3, -0.25) is 4.79 Å². The van der Waals surface area contributed by atoms with E-state index in [0.29, 0.717) is 12.8 Å². The van der Waals surface area contributed by atoms with Gasteiger partial charge in [-0.15, -0.1) is 0 Å². The fraction of sp³-hybridized carbons (Fsp3) is 0.667. The molecule has 0 saturated carbocycles. The average Bonchev–Trinajstić information content (AvgIpc) is 2.37. The standard InChI is InChI=1S/C4H5NO3.C2H7N/c6-2-3-1-5-4(7)8-3;1-3-2/h2-3H,1H2,(H,5,7);3H,1-2H3. The molecule has 0 radical (unpaired) electrons. The lowest BCUT2D eigenvalue weighted by Gasteiger charge is -1.91. The molecule has 1 atom stereocenters. The zero-order valence-electron chi connectivity index (χ0n) is 6.59. The minimum absolute atomic E-state index is 0.308. The minimum Gasteiger partial charge on any atom is -0.437 e. The summed E-state index contributed by atoms with van der Waals surface area (Å²) in [5, 5.41) is 5.08. The van der Waals surface area contributed by atoms with Crippen LogP contribution in [0.1, 0.15) is 0 Å². The molecule has 1 amide bonds. The van der Waals surface area contributed by atoms with Crippen molar-refractivity contribution in [1.29, 1.82) is 0 Å². The lowest BCUT2D eigenvalue weighted by atomic mass is 10.4. The second-order valence-electron chi connectivity index (χ2n) is 1.96. The maximum atomic E-state index is 10.1. The van der Waals surface area contributed by atoms with Gasteiger partial charge in [0, 0.05) is 0 Å². The van der Waals surface area contributed by atoms with Crippen LogP contribution >= 0.6 is 0 Å². The molecule has 2 N–H and O–H groups in total. The van der Waals surface area contributed by atoms with Crippen LogP contribution in [0.5, 0.6) is 0 Å². The van der Waals surface area contributed by atoms with E-state index in [1.54, 1.807) is 0 Å². The monoisotopic (exact) mass is 160 g/mol. The van der Waals surface area contributed by atoms with Gasteiger partial charge >= 0.3 is 6.09 Å². The third kappa shape index (κ3) is 4.32. The molecule has 0 aromatic rings. The summed E-state index contributed by atoms with van der Waals surface area (Å²) in [4.78, 5) is 20.0. The minimum atomic E-state index is -0.567. The molecule has 0 aliphatic carbocycles. The van der Waals surface area contributed by atoms with Gasteiger partial charge in [-0.25, -0.2) is 4.79 Å². The molecule has 1 fully saturated rings. The number of rotatable bonds is 1. The van der Waals surface area contributed by atoms with Gasteiger partial charge in [-0.1, -0.05) is 0 Å². The van der Waals surface area contributed by atoms with Crippen molar-refractivity contribution < 1.29 is 14.3 Å². The second-order valence-corrected chi connectivity index (χ2v) is 1.96. The summed E-state index contributed by atoms with van der Waals surface area (Å²) in [5.74, 6) is 0. The zero-order chi connectivity index (χ0) is 8.69. The molecule has 5 heteroatoms. The van der Waals surface area contributed by atoms with Crippen molar-refractivity contribution >= 4 is 12.4 Å². The van der Waals surface area contributed by atoms with E-state index in [2.05, 4.69) is 15.4 Å². The molecule has 1 unspecified atom stereocenters. The Morgan fingerprint density at radius 3 is 2.45 bits per heavy atom. The predicted octanol–water partition coefficient (Wildman–Crippen LogP) is -0.871. The molecule has 1 saturated heterocycles. The van der Waals surface area contributed by atoms with E-state index >= 15 is 0 Å². The molecule has 11 heavy (non-hydrogen) atoms. The summed E-state index contributed by atoms with van der Waals surface area (Å²) < 4.78 is 4.39. The SMILES string of the molecule is CNC.O=CC1CNC(=O)O1. The Balaban J connectivity index is 0.000000292. The van der Waals surface area contributed by atoms with Gasteiger partial charge < -0.3 is 15.4 Å². The first-order valence-corrected chi connectivity index (χ1v) is 3.22. The molecule has 0 bridgehead atoms. The van der Waals surface area contributed by atoms with Gasteiger partial charge in [0.25, 0.3) is 0 Å². The van der Waals surface area contributed by atoms with Crippen molar-refractivity contribution in [2.75, 3.05) is 20.6 Å². The Morgan fingerprint density at radius 1 is 1.73 bits per heavy atom. The molecule has 64 valence electrons. The van der Waals surface area contributed by atoms with E-state index in [9.17, 15) is 9.59 Å². The van der Waals surface area contributed by atoms with Crippen LogP contribution in [-0.2, 0) is 9.53 Å². The topological polar surface area (TPSA) is 67.4 Å². The third-order valence-corrected chi connectivity index (χ3v) is 0.858. The maximum absolute atomic E-state index is 10.1. The molecule has 0 aromatic carbocycles. The number of cyclic esters (lactones) is 1. The predicted molar refractivity (Wildman–Crippen MR) is 39.3 cm³/mol. The van der Waals surface area contributed by atoms with E-state index in [1.165, 1.54) is 0 Å². The fourth-order valence-corrected chi connectivity index (χ4v) is 0.481. The second kappa shape index (κ2) is 5.67. The Bertz CT molecular complexity index is 138. The summed E-state index contributed by atoms with van der Waals surface area (Å²) in [6, 6.07) is 0. The van der Waals surface area contributed by atoms with Crippen LogP contribution in [0.2, 0.25) is 0 Å². The smallest absolute Gasteiger partial charge is 0.408 e. The zero-order valence-corrected chi connectivity index (χ0v) is 6.59. The van der Waals surface area contributed by atoms with Crippen molar-refractivity contribution in [3.63, 3.8) is 0 Å². The number of aldehydes is 1. The van der Waals surface area contributed by atoms with Crippen LogP contribution in [0.15, 0.2) is 0 Å². The highest BCUT2D eigenvalue weighted by atomic mass is 16.6. The molecule has 5 nitrogen and oxygen atoms in total. The van der Waals surface area contributed by atoms with Gasteiger partial charge in [-0.2, -0.15) is 0 Å². The van der Waals surface area contributed by atoms with E-state index < -0.39 is 12.2 Å². The van der Waals surface area contributed by atoms with Gasteiger partial charge in [0.2, 0.25) is 0 Å². The van der Waals surface area contributed by atoms with Gasteiger partial charge in [-0.05, 0) is 14.1 Å². The van der Waals surface area contributed by atoms with Crippen LogP contribution in [0.25, 0.3) is 0 Å². The number of ether oxygens (including phenoxy) is 1. The third-order valence-electron chi connectivity index (χ3n) is 0.858. The number of hydrogen-bond acceptors (Lipinski definition) is 4. The molecule has 0 aromatic heterocycles. The van der Waals surface area contributed by atoms with Crippen LogP contribution in [0.4, 0.5) is 4.79 Å². The van der Waals surface area contributed by atoms with Gasteiger partial charge in [0.1, 0.15) is 0 Å². The van der Waals surface area contributed by atoms with E-state index in [1.807, 2.05) is 14.1 Å². The quantitative estimate of drug-likeness (QED) is 0.489. The van der Waals surface area contributed by atoms with E-state index in [0.717, 1.165) is 0 Å². The van der Waals surface area contributed by atoms with Crippen molar-refractivity contribution in [3.8, 4) is 0 Å². The normalized spacial score (nSPS) is 20.9. The van der Waals surface area contributed by atoms with Crippen LogP contribution in [0, 0.1) is 0 Å². The first kappa shape index (κ1) is 9.90. The molecular weight excluding hydrogens is 148 g/mol. The number of amides is 1. The maximum Gasteiger partial charge on any atom is 0.408 e. The molecule has 0 spiro atoms. The lowest BCUT2D eigenvalue weighted by molar-refractivity contribution is -0.113. The van der Waals surface area contributed by atoms with Crippen molar-refractivity contribution in [2.45, 2.75) is 6.10 Å². The molecular formula is C6H12N2O3. The highest BCUT2D eigenvalue weighted by Crippen LogP contribution is 1.94. The van der Waals surface area contributed by atoms with Crippen molar-refractivity contribution in [2.24, 2.45) is 0 Å². The van der Waals surface area contributed by atoms with E-state index in [-0.39, 0.29) is 0 Å². The van der Waals surface area contributed by atoms with Crippen molar-refractivity contribution in [3.05, 3.63) is 0 Å². The summed E-state index contributed by atoms with van der Waals surface area (Å²) >= 11 is 0. The van der Waals surface area contributed by atoms with Crippen LogP contribution < -0.4 is 10.6 Å². The number of carbonyl (C=O) groups excluding carboxylic acids is 2. The summed E-state index contributed by atoms with van der Waals surface area (Å²) in [6.45, 7) is 0.308. The first-order valence-electron chi connectivity index (χ1n) is 3.22. The Hall–Kier alpha value is -1.10. The number of alkyl carbamates (subject to hydrolysis) is 1. The van der Waals surface area contributed by atoms with Crippen LogP contribution in [0.3, 0.4) is 0 Å². The van der Waals surface area contributed by atoms with Gasteiger partial charge in [0.05, 0.1) is 6.54 Å². The molecule has 1 aliphatic heterocycles. The highest BCUT2D eigenvalue weighted by Gasteiger charge is 2.20. The van der Waals surface area contributed by atoms with Gasteiger partial charge in [0.15, 0.2) is 12.4 Å². The fourth-order valence-electron chi connectivity index (χ4n) is 0.481. The largest absolute Gasteiger partial charge is 0.437 e. The summed E-state index contributed by atoms with van der Waals surface area (Å²) in [6.07, 6.45) is -0.484. The Morgan fingerprint density at radius 2 is 2.27 bits per heavy atom. The lowest BCUT2D eigenvalue weighted by Crippen LogP contribution is -2.15. The number of carbonyl (C=O) groups is 2. The first-order chi connectivity index (χ1) is 5.24. The molecule has 1 heterocycles. The average molecular weight is 160 g/mol. The van der Waals surface area contributed by atoms with Crippen LogP contribution in [-0.4, -0.2) is 39.1 Å². The Kier molecular flexibility index (Phi) is 5.10.